The molecule has 0 aliphatic rings. The third kappa shape index (κ3) is 3.46. The summed E-state index contributed by atoms with van der Waals surface area (Å²) >= 11 is 12.7. The van der Waals surface area contributed by atoms with Gasteiger partial charge in [0.15, 0.2) is 0 Å². The van der Waals surface area contributed by atoms with Crippen LogP contribution in [0.3, 0.4) is 0 Å². The molecule has 118 valence electrons. The van der Waals surface area contributed by atoms with E-state index < -0.39 is 0 Å². The molecular weight excluding hydrogens is 351 g/mol. The summed E-state index contributed by atoms with van der Waals surface area (Å²) in [6, 6.07) is 4.13. The van der Waals surface area contributed by atoms with E-state index in [1.165, 1.54) is 43.2 Å². The van der Waals surface area contributed by atoms with Gasteiger partial charge in [0.2, 0.25) is 0 Å². The molecule has 0 N–H and O–H groups in total. The van der Waals surface area contributed by atoms with E-state index in [0.29, 0.717) is 0 Å². The van der Waals surface area contributed by atoms with E-state index in [1.54, 1.807) is 21.6 Å². The molecule has 0 aromatic heterocycles. The van der Waals surface area contributed by atoms with Crippen molar-refractivity contribution in [1.29, 1.82) is 0 Å². The van der Waals surface area contributed by atoms with Crippen molar-refractivity contribution >= 4 is 44.8 Å². The number of hydrogen-bond donors (Lipinski definition) is 0. The van der Waals surface area contributed by atoms with Gasteiger partial charge in [-0.25, -0.2) is 0 Å². The first-order valence-electron chi connectivity index (χ1n) is 7.11. The second-order valence-corrected chi connectivity index (χ2v) is 8.66. The van der Waals surface area contributed by atoms with Crippen molar-refractivity contribution < 1.29 is 0 Å². The van der Waals surface area contributed by atoms with E-state index in [2.05, 4.69) is 53.7 Å². The maximum Gasteiger partial charge on any atom is 0.0449 e. The van der Waals surface area contributed by atoms with E-state index in [0.717, 1.165) is 10.0 Å². The molecule has 2 aromatic rings. The summed E-state index contributed by atoms with van der Waals surface area (Å²) in [5, 5.41) is 1.67. The van der Waals surface area contributed by atoms with Crippen molar-refractivity contribution in [2.45, 2.75) is 51.3 Å². The molecule has 0 saturated heterocycles. The Morgan fingerprint density at radius 2 is 0.864 bits per heavy atom. The molecule has 4 heteroatoms. The second kappa shape index (κ2) is 7.09. The predicted octanol–water partition coefficient (Wildman–Crippen LogP) is 7.64. The van der Waals surface area contributed by atoms with E-state index in [-0.39, 0.29) is 0 Å². The second-order valence-electron chi connectivity index (χ2n) is 5.63. The average molecular weight is 371 g/mol. The summed E-state index contributed by atoms with van der Waals surface area (Å²) < 4.78 is 0. The summed E-state index contributed by atoms with van der Waals surface area (Å²) in [7, 11) is 3.50. The molecule has 2 aromatic carbocycles. The monoisotopic (exact) mass is 370 g/mol. The molecule has 0 heterocycles. The summed E-state index contributed by atoms with van der Waals surface area (Å²) in [6.45, 7) is 12.7. The molecule has 0 aliphatic heterocycles. The first kappa shape index (κ1) is 18.1. The van der Waals surface area contributed by atoms with Gasteiger partial charge < -0.3 is 0 Å². The lowest BCUT2D eigenvalue weighted by Gasteiger charge is -2.15. The van der Waals surface area contributed by atoms with Gasteiger partial charge >= 0.3 is 0 Å². The van der Waals surface area contributed by atoms with Gasteiger partial charge in [0.05, 0.1) is 0 Å². The number of halogens is 2. The fourth-order valence-electron chi connectivity index (χ4n) is 2.22. The summed E-state index contributed by atoms with van der Waals surface area (Å²) in [4.78, 5) is 2.43. The average Bonchev–Trinajstić information content (AvgIpc) is 2.49. The molecule has 2 rings (SSSR count). The molecule has 0 atom stereocenters. The molecule has 0 bridgehead atoms. The fraction of sp³-hybridized carbons (Fsp3) is 0.333. The zero-order chi connectivity index (χ0) is 16.6. The smallest absolute Gasteiger partial charge is 0.0449 e. The van der Waals surface area contributed by atoms with Crippen LogP contribution in [0.25, 0.3) is 0 Å². The molecule has 0 spiro atoms. The van der Waals surface area contributed by atoms with Gasteiger partial charge in [0.1, 0.15) is 0 Å². The van der Waals surface area contributed by atoms with Crippen LogP contribution >= 0.6 is 44.8 Å². The molecule has 0 unspecified atom stereocenters. The van der Waals surface area contributed by atoms with Gasteiger partial charge in [-0.05, 0) is 87.1 Å². The Bertz CT molecular complexity index is 673. The van der Waals surface area contributed by atoms with Crippen LogP contribution in [0.4, 0.5) is 0 Å². The lowest BCUT2D eigenvalue weighted by Crippen LogP contribution is -1.92. The molecule has 0 fully saturated rings. The lowest BCUT2D eigenvalue weighted by atomic mass is 10.0. The van der Waals surface area contributed by atoms with Gasteiger partial charge in [-0.15, -0.1) is 0 Å². The van der Waals surface area contributed by atoms with Crippen molar-refractivity contribution in [3.63, 3.8) is 0 Å². The highest BCUT2D eigenvalue weighted by Gasteiger charge is 2.12. The highest BCUT2D eigenvalue weighted by Crippen LogP contribution is 2.44. The van der Waals surface area contributed by atoms with Gasteiger partial charge in [-0.1, -0.05) is 44.8 Å². The number of hydrogen-bond acceptors (Lipinski definition) is 2. The Labute approximate surface area is 151 Å². The standard InChI is InChI=1S/C18H20Cl2S2/c1-9-11(3)15(19)7-17(13(9)5)21-22-18-8-16(20)12(4)10(2)14(18)6/h7-8H,1-6H3. The SMILES string of the molecule is Cc1c(Cl)cc(SSc2cc(Cl)c(C)c(C)c2C)c(C)c1C. The van der Waals surface area contributed by atoms with E-state index in [4.69, 9.17) is 23.2 Å². The molecular formula is C18H20Cl2S2. The molecule has 22 heavy (non-hydrogen) atoms. The lowest BCUT2D eigenvalue weighted by molar-refractivity contribution is 1.18. The van der Waals surface area contributed by atoms with Gasteiger partial charge in [0.25, 0.3) is 0 Å². The van der Waals surface area contributed by atoms with Gasteiger partial charge in [-0.2, -0.15) is 0 Å². The van der Waals surface area contributed by atoms with Crippen molar-refractivity contribution in [3.05, 3.63) is 55.6 Å². The zero-order valence-corrected chi connectivity index (χ0v) is 16.9. The van der Waals surface area contributed by atoms with E-state index in [9.17, 15) is 0 Å². The maximum absolute atomic E-state index is 6.33. The highest BCUT2D eigenvalue weighted by molar-refractivity contribution is 8.76. The normalized spacial score (nSPS) is 11.1. The minimum atomic E-state index is 0.834. The molecule has 0 amide bonds. The van der Waals surface area contributed by atoms with Crippen LogP contribution in [-0.2, 0) is 0 Å². The molecule has 0 nitrogen and oxygen atoms in total. The van der Waals surface area contributed by atoms with Gasteiger partial charge in [-0.3, -0.25) is 0 Å². The van der Waals surface area contributed by atoms with Crippen LogP contribution in [0.1, 0.15) is 33.4 Å². The first-order chi connectivity index (χ1) is 10.2. The van der Waals surface area contributed by atoms with Crippen LogP contribution in [0.5, 0.6) is 0 Å². The Morgan fingerprint density at radius 1 is 0.545 bits per heavy atom. The summed E-state index contributed by atoms with van der Waals surface area (Å²) in [6.07, 6.45) is 0. The topological polar surface area (TPSA) is 0 Å². The van der Waals surface area contributed by atoms with Crippen molar-refractivity contribution in [3.8, 4) is 0 Å². The summed E-state index contributed by atoms with van der Waals surface area (Å²) in [5.74, 6) is 0. The molecule has 0 aliphatic carbocycles. The van der Waals surface area contributed by atoms with E-state index in [1.807, 2.05) is 0 Å². The largest absolute Gasteiger partial charge is 0.0840 e. The van der Waals surface area contributed by atoms with Crippen LogP contribution in [-0.4, -0.2) is 0 Å². The van der Waals surface area contributed by atoms with Crippen molar-refractivity contribution in [1.82, 2.24) is 0 Å². The third-order valence-corrected chi connectivity index (χ3v) is 7.85. The third-order valence-electron chi connectivity index (χ3n) is 4.44. The Hall–Kier alpha value is -0.280. The van der Waals surface area contributed by atoms with Gasteiger partial charge in [0, 0.05) is 19.8 Å². The fourth-order valence-corrected chi connectivity index (χ4v) is 5.49. The number of benzene rings is 2. The van der Waals surface area contributed by atoms with Crippen LogP contribution in [0.2, 0.25) is 10.0 Å². The Morgan fingerprint density at radius 3 is 1.18 bits per heavy atom. The molecule has 0 saturated carbocycles. The van der Waals surface area contributed by atoms with Crippen LogP contribution in [0, 0.1) is 41.5 Å². The summed E-state index contributed by atoms with van der Waals surface area (Å²) in [5.41, 5.74) is 7.47. The molecule has 0 radical (unpaired) electrons. The Balaban J connectivity index is 2.32. The Kier molecular flexibility index (Phi) is 5.82. The van der Waals surface area contributed by atoms with Crippen molar-refractivity contribution in [2.75, 3.05) is 0 Å². The first-order valence-corrected chi connectivity index (χ1v) is 10.0. The van der Waals surface area contributed by atoms with E-state index >= 15 is 0 Å². The highest BCUT2D eigenvalue weighted by atomic mass is 35.5. The van der Waals surface area contributed by atoms with Crippen LogP contribution < -0.4 is 0 Å². The number of rotatable bonds is 3. The zero-order valence-electron chi connectivity index (χ0n) is 13.7. The predicted molar refractivity (Wildman–Crippen MR) is 103 cm³/mol. The minimum Gasteiger partial charge on any atom is -0.0840 e. The quantitative estimate of drug-likeness (QED) is 0.508. The maximum atomic E-state index is 6.33. The van der Waals surface area contributed by atoms with Crippen molar-refractivity contribution in [2.24, 2.45) is 0 Å². The van der Waals surface area contributed by atoms with Crippen LogP contribution in [0.15, 0.2) is 21.9 Å². The minimum absolute atomic E-state index is 0.834.